The summed E-state index contributed by atoms with van der Waals surface area (Å²) in [5.41, 5.74) is 5.19. The molecule has 0 atom stereocenters. The lowest BCUT2D eigenvalue weighted by Gasteiger charge is -2.10. The van der Waals surface area contributed by atoms with Crippen LogP contribution in [0.3, 0.4) is 0 Å². The minimum absolute atomic E-state index is 0.133. The summed E-state index contributed by atoms with van der Waals surface area (Å²) in [5.74, 6) is -2.57. The minimum Gasteiger partial charge on any atom is -0.361 e. The van der Waals surface area contributed by atoms with Crippen LogP contribution in [0.25, 0.3) is 33.0 Å². The van der Waals surface area contributed by atoms with Crippen molar-refractivity contribution in [1.29, 1.82) is 0 Å². The third kappa shape index (κ3) is 8.03. The van der Waals surface area contributed by atoms with Gasteiger partial charge >= 0.3 is 0 Å². The second-order valence-electron chi connectivity index (χ2n) is 15.5. The summed E-state index contributed by atoms with van der Waals surface area (Å²) in [7, 11) is 9.02. The molecule has 0 aliphatic carbocycles. The molecule has 17 heteroatoms. The van der Waals surface area contributed by atoms with Crippen LogP contribution in [-0.2, 0) is 42.1 Å². The van der Waals surface area contributed by atoms with Crippen molar-refractivity contribution in [3.63, 3.8) is 0 Å². The van der Waals surface area contributed by atoms with E-state index in [1.807, 2.05) is 67.5 Å². The van der Waals surface area contributed by atoms with Gasteiger partial charge in [-0.05, 0) is 57.4 Å². The van der Waals surface area contributed by atoms with E-state index in [2.05, 4.69) is 31.6 Å². The number of aromatic amines is 1. The van der Waals surface area contributed by atoms with Gasteiger partial charge in [0.05, 0.1) is 28.2 Å². The maximum absolute atomic E-state index is 13.6. The Bertz CT molecular complexity index is 2990. The third-order valence-corrected chi connectivity index (χ3v) is 10.7. The third-order valence-electron chi connectivity index (χ3n) is 10.7. The van der Waals surface area contributed by atoms with Crippen molar-refractivity contribution in [2.24, 2.45) is 21.1 Å². The second kappa shape index (κ2) is 16.6. The van der Waals surface area contributed by atoms with Gasteiger partial charge in [0.25, 0.3) is 29.5 Å². The van der Waals surface area contributed by atoms with Crippen molar-refractivity contribution in [3.05, 3.63) is 126 Å². The number of carbonyl (C=O) groups excluding carboxylic acids is 6. The number of aromatic nitrogens is 5. The predicted octanol–water partition coefficient (Wildman–Crippen LogP) is 4.53. The highest BCUT2D eigenvalue weighted by Crippen LogP contribution is 2.38. The summed E-state index contributed by atoms with van der Waals surface area (Å²) in [6, 6.07) is 19.6. The highest BCUT2D eigenvalue weighted by Gasteiger charge is 2.35. The van der Waals surface area contributed by atoms with E-state index in [9.17, 15) is 28.8 Å². The van der Waals surface area contributed by atoms with Crippen LogP contribution < -0.4 is 26.6 Å². The van der Waals surface area contributed by atoms with Gasteiger partial charge in [-0.3, -0.25) is 34.1 Å². The molecule has 1 aliphatic heterocycles. The van der Waals surface area contributed by atoms with E-state index >= 15 is 0 Å². The molecule has 2 aromatic carbocycles. The number of hydrogen-bond acceptors (Lipinski definition) is 7. The highest BCUT2D eigenvalue weighted by molar-refractivity contribution is 6.50. The molecule has 7 aromatic rings. The molecule has 5 aromatic heterocycles. The molecular weight excluding hydrogens is 791 g/mol. The zero-order valence-corrected chi connectivity index (χ0v) is 34.8. The van der Waals surface area contributed by atoms with Crippen LogP contribution in [0, 0.1) is 0 Å². The lowest BCUT2D eigenvalue weighted by molar-refractivity contribution is -0.123. The number of H-pyrrole nitrogens is 1. The zero-order chi connectivity index (χ0) is 43.8. The van der Waals surface area contributed by atoms with Crippen LogP contribution in [0.1, 0.15) is 49.0 Å². The number of anilines is 3. The summed E-state index contributed by atoms with van der Waals surface area (Å²) < 4.78 is 6.52. The van der Waals surface area contributed by atoms with Crippen molar-refractivity contribution < 1.29 is 28.8 Å². The molecule has 0 spiro atoms. The summed E-state index contributed by atoms with van der Waals surface area (Å²) in [6.45, 7) is 1.24. The Kier molecular flexibility index (Phi) is 10.9. The number of hydrogen-bond donors (Lipinski definition) is 6. The van der Waals surface area contributed by atoms with Gasteiger partial charge in [-0.25, -0.2) is 0 Å². The number of para-hydroxylation sites is 2. The van der Waals surface area contributed by atoms with Gasteiger partial charge in [0, 0.05) is 91.6 Å². The molecule has 62 heavy (non-hydrogen) atoms. The van der Waals surface area contributed by atoms with Crippen LogP contribution in [0.5, 0.6) is 0 Å². The largest absolute Gasteiger partial charge is 0.361 e. The number of rotatable bonds is 14. The molecule has 0 bridgehead atoms. The molecule has 0 saturated heterocycles. The van der Waals surface area contributed by atoms with Gasteiger partial charge in [0.1, 0.15) is 23.6 Å². The number of amides is 6. The van der Waals surface area contributed by atoms with Crippen molar-refractivity contribution in [2.75, 3.05) is 43.1 Å². The molecule has 6 heterocycles. The maximum Gasteiger partial charge on any atom is 0.272 e. The first-order valence-electron chi connectivity index (χ1n) is 19.8. The van der Waals surface area contributed by atoms with Crippen LogP contribution in [0.15, 0.2) is 97.7 Å². The Labute approximate surface area is 355 Å². The van der Waals surface area contributed by atoms with Gasteiger partial charge in [-0.15, -0.1) is 0 Å². The van der Waals surface area contributed by atoms with Crippen LogP contribution in [0.2, 0.25) is 0 Å². The van der Waals surface area contributed by atoms with Crippen LogP contribution in [-0.4, -0.2) is 90.8 Å². The van der Waals surface area contributed by atoms with Crippen LogP contribution in [0.4, 0.5) is 17.1 Å². The summed E-state index contributed by atoms with van der Waals surface area (Å²) in [5, 5.41) is 15.4. The first-order chi connectivity index (χ1) is 29.7. The predicted molar refractivity (Wildman–Crippen MR) is 236 cm³/mol. The standard InChI is InChI=1S/C45H45N11O6/c1-52(2)16-10-15-46-41(58)35-18-27(22-53(35)3)49-43(60)37-19-28(23-55(37)5)50-42(59)36-17-26(21-54(36)4)48-38(57)25-56-24-32(30-12-7-9-14-34(30)56)40-39(44(61)51-45(40)62)31-20-47-33-13-8-6-11-29(31)33/h6-9,11-14,17-24,47H,10,15-16,25H2,1-5H3,(H,46,58)(H,48,57)(H,49,60)(H,50,59)(H,51,61,62). The van der Waals surface area contributed by atoms with Crippen molar-refractivity contribution in [2.45, 2.75) is 13.0 Å². The van der Waals surface area contributed by atoms with E-state index < -0.39 is 29.5 Å². The molecule has 17 nitrogen and oxygen atoms in total. The number of aryl methyl sites for hydroxylation is 3. The molecular formula is C45H45N11O6. The summed E-state index contributed by atoms with van der Waals surface area (Å²) >= 11 is 0. The average Bonchev–Trinajstić information content (AvgIpc) is 4.08. The fourth-order valence-corrected chi connectivity index (χ4v) is 7.83. The number of fused-ring (bicyclic) bond motifs is 2. The van der Waals surface area contributed by atoms with Gasteiger partial charge in [-0.1, -0.05) is 36.4 Å². The molecule has 0 saturated carbocycles. The first-order valence-corrected chi connectivity index (χ1v) is 19.8. The fourth-order valence-electron chi connectivity index (χ4n) is 7.83. The van der Waals surface area contributed by atoms with Gasteiger partial charge in [-0.2, -0.15) is 0 Å². The highest BCUT2D eigenvalue weighted by atomic mass is 16.2. The van der Waals surface area contributed by atoms with Gasteiger partial charge in [0.15, 0.2) is 0 Å². The second-order valence-corrected chi connectivity index (χ2v) is 15.5. The monoisotopic (exact) mass is 835 g/mol. The maximum atomic E-state index is 13.6. The Morgan fingerprint density at radius 1 is 0.645 bits per heavy atom. The Hall–Kier alpha value is -7.92. The molecule has 0 fully saturated rings. The van der Waals surface area contributed by atoms with Crippen LogP contribution >= 0.6 is 0 Å². The number of nitrogens with zero attached hydrogens (tertiary/aromatic N) is 5. The quantitative estimate of drug-likeness (QED) is 0.0683. The molecule has 0 unspecified atom stereocenters. The van der Waals surface area contributed by atoms with E-state index in [0.717, 1.165) is 23.9 Å². The number of nitrogens with one attached hydrogen (secondary N) is 6. The topological polar surface area (TPSA) is 201 Å². The molecule has 0 radical (unpaired) electrons. The van der Waals surface area contributed by atoms with Gasteiger partial charge < -0.3 is 49.4 Å². The summed E-state index contributed by atoms with van der Waals surface area (Å²) in [6.07, 6.45) is 9.10. The molecule has 1 aliphatic rings. The lowest BCUT2D eigenvalue weighted by Crippen LogP contribution is -2.28. The molecule has 316 valence electrons. The van der Waals surface area contributed by atoms with E-state index in [1.54, 1.807) is 88.6 Å². The first kappa shape index (κ1) is 40.8. The van der Waals surface area contributed by atoms with E-state index in [-0.39, 0.29) is 35.0 Å². The minimum atomic E-state index is -0.525. The smallest absolute Gasteiger partial charge is 0.272 e. The van der Waals surface area contributed by atoms with Crippen molar-refractivity contribution in [3.8, 4) is 0 Å². The van der Waals surface area contributed by atoms with Gasteiger partial charge in [0.2, 0.25) is 5.91 Å². The molecule has 6 N–H and O–H groups in total. The van der Waals surface area contributed by atoms with Crippen molar-refractivity contribution >= 4 is 85.5 Å². The zero-order valence-electron chi connectivity index (χ0n) is 34.8. The number of carbonyl (C=O) groups is 6. The number of benzene rings is 2. The summed E-state index contributed by atoms with van der Waals surface area (Å²) in [4.78, 5) is 84.9. The molecule has 6 amide bonds. The average molecular weight is 836 g/mol. The fraction of sp³-hybridized carbons (Fsp3) is 0.200. The Morgan fingerprint density at radius 3 is 1.79 bits per heavy atom. The number of imide groups is 1. The Balaban J connectivity index is 0.935. The Morgan fingerprint density at radius 2 is 1.18 bits per heavy atom. The van der Waals surface area contributed by atoms with E-state index in [4.69, 9.17) is 0 Å². The lowest BCUT2D eigenvalue weighted by atomic mass is 9.95. The molecule has 8 rings (SSSR count). The normalized spacial score (nSPS) is 12.7. The van der Waals surface area contributed by atoms with E-state index in [0.29, 0.717) is 51.3 Å². The SMILES string of the molecule is CN(C)CCCNC(=O)c1cc(NC(=O)c2cc(NC(=O)c3cc(NC(=O)Cn4cc(C5=C(c6c[nH]c7ccccc67)C(=O)NC5=O)c5ccccc54)cn3C)cn2C)cn1C. The van der Waals surface area contributed by atoms with Crippen molar-refractivity contribution in [1.82, 2.24) is 38.8 Å². The van der Waals surface area contributed by atoms with E-state index in [1.165, 1.54) is 0 Å².